The number of nitrogens with zero attached hydrogens (tertiary/aromatic N) is 1. The Morgan fingerprint density at radius 1 is 1.47 bits per heavy atom. The quantitative estimate of drug-likeness (QED) is 0.783. The third-order valence-electron chi connectivity index (χ3n) is 1.98. The number of halogens is 1. The van der Waals surface area contributed by atoms with E-state index >= 15 is 0 Å². The van der Waals surface area contributed by atoms with Gasteiger partial charge in [0.25, 0.3) is 0 Å². The molecule has 0 fully saturated rings. The Balaban J connectivity index is 2.77. The molecule has 1 rings (SSSR count). The fraction of sp³-hybridized carbons (Fsp3) is 0.545. The number of hydrogen-bond acceptors (Lipinski definition) is 3. The maximum absolute atomic E-state index is 13.0. The molecule has 0 amide bonds. The van der Waals surface area contributed by atoms with Crippen LogP contribution in [0.5, 0.6) is 0 Å². The summed E-state index contributed by atoms with van der Waals surface area (Å²) in [5.41, 5.74) is 0.866. The van der Waals surface area contributed by atoms with Crippen molar-refractivity contribution in [1.82, 2.24) is 10.3 Å². The van der Waals surface area contributed by atoms with E-state index in [0.717, 1.165) is 17.9 Å². The highest BCUT2D eigenvalue weighted by atomic mass is 19.1. The van der Waals surface area contributed by atoms with Gasteiger partial charge in [0, 0.05) is 24.7 Å². The van der Waals surface area contributed by atoms with Crippen molar-refractivity contribution in [2.75, 3.05) is 11.9 Å². The Hall–Kier alpha value is -1.16. The van der Waals surface area contributed by atoms with E-state index in [0.29, 0.717) is 12.6 Å². The summed E-state index contributed by atoms with van der Waals surface area (Å²) in [7, 11) is 0. The Bertz CT molecular complexity index is 313. The predicted octanol–water partition coefficient (Wildman–Crippen LogP) is 2.15. The number of aromatic nitrogens is 1. The van der Waals surface area contributed by atoms with Crippen LogP contribution in [0.3, 0.4) is 0 Å². The first-order chi connectivity index (χ1) is 7.13. The molecule has 0 aliphatic rings. The van der Waals surface area contributed by atoms with Crippen molar-refractivity contribution < 1.29 is 4.39 Å². The zero-order chi connectivity index (χ0) is 11.3. The lowest BCUT2D eigenvalue weighted by atomic mass is 10.2. The van der Waals surface area contributed by atoms with Gasteiger partial charge >= 0.3 is 0 Å². The first-order valence-corrected chi connectivity index (χ1v) is 5.25. The highest BCUT2D eigenvalue weighted by Crippen LogP contribution is 2.13. The van der Waals surface area contributed by atoms with Crippen LogP contribution in [-0.4, -0.2) is 17.6 Å². The minimum Gasteiger partial charge on any atom is -0.370 e. The summed E-state index contributed by atoms with van der Waals surface area (Å²) in [4.78, 5) is 4.02. The lowest BCUT2D eigenvalue weighted by Gasteiger charge is -2.12. The van der Waals surface area contributed by atoms with Crippen LogP contribution in [0.1, 0.15) is 26.3 Å². The molecular formula is C11H18FN3. The summed E-state index contributed by atoms with van der Waals surface area (Å²) in [6.45, 7) is 7.52. The molecule has 0 spiro atoms. The molecular weight excluding hydrogens is 193 g/mol. The van der Waals surface area contributed by atoms with Crippen molar-refractivity contribution >= 4 is 5.82 Å². The van der Waals surface area contributed by atoms with Crippen molar-refractivity contribution in [2.24, 2.45) is 0 Å². The van der Waals surface area contributed by atoms with Crippen LogP contribution in [0.4, 0.5) is 10.2 Å². The largest absolute Gasteiger partial charge is 0.370 e. The minimum absolute atomic E-state index is 0.294. The molecule has 0 aliphatic heterocycles. The maximum atomic E-state index is 13.0. The van der Waals surface area contributed by atoms with Crippen molar-refractivity contribution in [3.05, 3.63) is 23.6 Å². The summed E-state index contributed by atoms with van der Waals surface area (Å²) in [5, 5.41) is 6.35. The van der Waals surface area contributed by atoms with Gasteiger partial charge in [0.15, 0.2) is 0 Å². The van der Waals surface area contributed by atoms with Crippen LogP contribution < -0.4 is 10.6 Å². The second-order valence-electron chi connectivity index (χ2n) is 3.73. The Labute approximate surface area is 90.1 Å². The SMILES string of the molecule is CCNc1ncc(F)cc1CNC(C)C. The molecule has 15 heavy (non-hydrogen) atoms. The molecule has 84 valence electrons. The number of rotatable bonds is 5. The molecule has 1 aromatic rings. The van der Waals surface area contributed by atoms with Gasteiger partial charge in [-0.15, -0.1) is 0 Å². The van der Waals surface area contributed by atoms with Crippen LogP contribution in [0.2, 0.25) is 0 Å². The second-order valence-corrected chi connectivity index (χ2v) is 3.73. The Kier molecular flexibility index (Phi) is 4.49. The monoisotopic (exact) mass is 211 g/mol. The van der Waals surface area contributed by atoms with E-state index in [1.807, 2.05) is 6.92 Å². The summed E-state index contributed by atoms with van der Waals surface area (Å²) in [6.07, 6.45) is 1.23. The standard InChI is InChI=1S/C11H18FN3/c1-4-13-11-9(6-14-8(2)3)5-10(12)7-15-11/h5,7-8,14H,4,6H2,1-3H3,(H,13,15). The van der Waals surface area contributed by atoms with Crippen molar-refractivity contribution in [1.29, 1.82) is 0 Å². The molecule has 0 bridgehead atoms. The topological polar surface area (TPSA) is 37.0 Å². The maximum Gasteiger partial charge on any atom is 0.141 e. The van der Waals surface area contributed by atoms with Gasteiger partial charge in [0.1, 0.15) is 11.6 Å². The van der Waals surface area contributed by atoms with Gasteiger partial charge in [0.2, 0.25) is 0 Å². The van der Waals surface area contributed by atoms with E-state index in [1.54, 1.807) is 0 Å². The average molecular weight is 211 g/mol. The first kappa shape index (κ1) is 11.9. The average Bonchev–Trinajstić information content (AvgIpc) is 2.18. The highest BCUT2D eigenvalue weighted by molar-refractivity contribution is 5.43. The summed E-state index contributed by atoms with van der Waals surface area (Å²) < 4.78 is 13.0. The van der Waals surface area contributed by atoms with Crippen LogP contribution in [0.25, 0.3) is 0 Å². The van der Waals surface area contributed by atoms with Crippen LogP contribution >= 0.6 is 0 Å². The van der Waals surface area contributed by atoms with Gasteiger partial charge in [-0.05, 0) is 13.0 Å². The second kappa shape index (κ2) is 5.66. The minimum atomic E-state index is -0.294. The lowest BCUT2D eigenvalue weighted by molar-refractivity contribution is 0.579. The fourth-order valence-corrected chi connectivity index (χ4v) is 1.26. The molecule has 0 saturated carbocycles. The van der Waals surface area contributed by atoms with Gasteiger partial charge in [-0.1, -0.05) is 13.8 Å². The third kappa shape index (κ3) is 3.83. The number of pyridine rings is 1. The van der Waals surface area contributed by atoms with Crippen molar-refractivity contribution in [3.8, 4) is 0 Å². The lowest BCUT2D eigenvalue weighted by Crippen LogP contribution is -2.22. The Morgan fingerprint density at radius 2 is 2.20 bits per heavy atom. The molecule has 2 N–H and O–H groups in total. The van der Waals surface area contributed by atoms with E-state index in [4.69, 9.17) is 0 Å². The van der Waals surface area contributed by atoms with Gasteiger partial charge in [-0.2, -0.15) is 0 Å². The Morgan fingerprint density at radius 3 is 2.80 bits per heavy atom. The first-order valence-electron chi connectivity index (χ1n) is 5.25. The van der Waals surface area contributed by atoms with E-state index in [9.17, 15) is 4.39 Å². The smallest absolute Gasteiger partial charge is 0.141 e. The number of nitrogens with one attached hydrogen (secondary N) is 2. The number of anilines is 1. The van der Waals surface area contributed by atoms with E-state index in [2.05, 4.69) is 29.5 Å². The van der Waals surface area contributed by atoms with E-state index < -0.39 is 0 Å². The van der Waals surface area contributed by atoms with Gasteiger partial charge in [-0.3, -0.25) is 0 Å². The third-order valence-corrected chi connectivity index (χ3v) is 1.98. The van der Waals surface area contributed by atoms with Gasteiger partial charge < -0.3 is 10.6 Å². The molecule has 0 aliphatic carbocycles. The van der Waals surface area contributed by atoms with Crippen molar-refractivity contribution in [2.45, 2.75) is 33.4 Å². The summed E-state index contributed by atoms with van der Waals surface area (Å²) >= 11 is 0. The fourth-order valence-electron chi connectivity index (χ4n) is 1.26. The summed E-state index contributed by atoms with van der Waals surface area (Å²) in [5.74, 6) is 0.462. The summed E-state index contributed by atoms with van der Waals surface area (Å²) in [6, 6.07) is 1.89. The molecule has 3 nitrogen and oxygen atoms in total. The molecule has 0 unspecified atom stereocenters. The molecule has 1 heterocycles. The number of hydrogen-bond donors (Lipinski definition) is 2. The molecule has 0 radical (unpaired) electrons. The molecule has 0 aromatic carbocycles. The van der Waals surface area contributed by atoms with Gasteiger partial charge in [-0.25, -0.2) is 9.37 Å². The molecule has 1 aromatic heterocycles. The van der Waals surface area contributed by atoms with Crippen LogP contribution in [-0.2, 0) is 6.54 Å². The van der Waals surface area contributed by atoms with E-state index in [-0.39, 0.29) is 5.82 Å². The molecule has 0 saturated heterocycles. The zero-order valence-corrected chi connectivity index (χ0v) is 9.47. The van der Waals surface area contributed by atoms with Crippen molar-refractivity contribution in [3.63, 3.8) is 0 Å². The van der Waals surface area contributed by atoms with Crippen LogP contribution in [0.15, 0.2) is 12.3 Å². The van der Waals surface area contributed by atoms with E-state index in [1.165, 1.54) is 12.3 Å². The van der Waals surface area contributed by atoms with Crippen LogP contribution in [0, 0.1) is 5.82 Å². The zero-order valence-electron chi connectivity index (χ0n) is 9.47. The highest BCUT2D eigenvalue weighted by Gasteiger charge is 2.05. The van der Waals surface area contributed by atoms with Gasteiger partial charge in [0.05, 0.1) is 6.20 Å². The normalized spacial score (nSPS) is 10.7. The molecule has 0 atom stereocenters. The predicted molar refractivity (Wildman–Crippen MR) is 60.3 cm³/mol. The molecule has 4 heteroatoms.